The molecule has 1 N–H and O–H groups in total. The van der Waals surface area contributed by atoms with E-state index >= 15 is 0 Å². The molecular weight excluding hydrogens is 136 g/mol. The molecular formula is C10H14O. The normalized spacial score (nSPS) is 13.3. The summed E-state index contributed by atoms with van der Waals surface area (Å²) in [6, 6.07) is 0. The molecule has 0 unspecified atom stereocenters. The van der Waals surface area contributed by atoms with Crippen LogP contribution in [0, 0.1) is 0 Å². The van der Waals surface area contributed by atoms with E-state index in [0.717, 1.165) is 0 Å². The van der Waals surface area contributed by atoms with Crippen LogP contribution in [0.3, 0.4) is 0 Å². The van der Waals surface area contributed by atoms with Crippen LogP contribution in [0.4, 0.5) is 0 Å². The van der Waals surface area contributed by atoms with Gasteiger partial charge in [0.25, 0.3) is 0 Å². The van der Waals surface area contributed by atoms with Crippen molar-refractivity contribution < 1.29 is 5.11 Å². The fraction of sp³-hybridized carbons (Fsp3) is 0.200. The van der Waals surface area contributed by atoms with Crippen LogP contribution < -0.4 is 0 Å². The quantitative estimate of drug-likeness (QED) is 0.609. The highest BCUT2D eigenvalue weighted by Gasteiger charge is 1.62. The van der Waals surface area contributed by atoms with Gasteiger partial charge in [0.15, 0.2) is 0 Å². The minimum atomic E-state index is 0.100. The van der Waals surface area contributed by atoms with Crippen molar-refractivity contribution in [3.05, 3.63) is 48.6 Å². The fourth-order valence-corrected chi connectivity index (χ4v) is 0.507. The molecule has 0 rings (SSSR count). The van der Waals surface area contributed by atoms with Crippen LogP contribution in [-0.4, -0.2) is 11.7 Å². The van der Waals surface area contributed by atoms with Crippen LogP contribution >= 0.6 is 0 Å². The third kappa shape index (κ3) is 8.92. The SMILES string of the molecule is C/C=C/C=C/C=C/C=C/CO. The van der Waals surface area contributed by atoms with E-state index in [4.69, 9.17) is 5.11 Å². The van der Waals surface area contributed by atoms with Gasteiger partial charge in [-0.2, -0.15) is 0 Å². The Morgan fingerprint density at radius 3 is 2.00 bits per heavy atom. The van der Waals surface area contributed by atoms with E-state index in [-0.39, 0.29) is 6.61 Å². The number of allylic oxidation sites excluding steroid dienone is 7. The van der Waals surface area contributed by atoms with Crippen molar-refractivity contribution in [2.75, 3.05) is 6.61 Å². The Hall–Kier alpha value is -1.08. The molecule has 0 amide bonds. The van der Waals surface area contributed by atoms with Gasteiger partial charge in [-0.15, -0.1) is 0 Å². The Morgan fingerprint density at radius 2 is 1.45 bits per heavy atom. The third-order valence-electron chi connectivity index (χ3n) is 0.989. The molecule has 0 atom stereocenters. The second-order valence-electron chi connectivity index (χ2n) is 1.91. The molecule has 11 heavy (non-hydrogen) atoms. The zero-order valence-electron chi connectivity index (χ0n) is 6.77. The van der Waals surface area contributed by atoms with Gasteiger partial charge in [-0.25, -0.2) is 0 Å². The molecule has 0 aromatic heterocycles. The van der Waals surface area contributed by atoms with E-state index in [0.29, 0.717) is 0 Å². The Labute approximate surface area is 68.1 Å². The lowest BCUT2D eigenvalue weighted by Gasteiger charge is -1.74. The predicted molar refractivity (Wildman–Crippen MR) is 49.3 cm³/mol. The first-order chi connectivity index (χ1) is 5.41. The summed E-state index contributed by atoms with van der Waals surface area (Å²) in [5.74, 6) is 0. The number of hydrogen-bond donors (Lipinski definition) is 1. The summed E-state index contributed by atoms with van der Waals surface area (Å²) in [4.78, 5) is 0. The largest absolute Gasteiger partial charge is 0.392 e. The summed E-state index contributed by atoms with van der Waals surface area (Å²) in [5.41, 5.74) is 0. The molecule has 0 spiro atoms. The van der Waals surface area contributed by atoms with Crippen molar-refractivity contribution >= 4 is 0 Å². The summed E-state index contributed by atoms with van der Waals surface area (Å²) in [6.45, 7) is 2.07. The standard InChI is InChI=1S/C10H14O/c1-2-3-4-5-6-7-8-9-10-11/h2-9,11H,10H2,1H3/b3-2+,5-4+,7-6+,9-8+. The van der Waals surface area contributed by atoms with Gasteiger partial charge >= 0.3 is 0 Å². The van der Waals surface area contributed by atoms with Crippen LogP contribution in [0.25, 0.3) is 0 Å². The lowest BCUT2D eigenvalue weighted by atomic mass is 10.4. The molecule has 1 nitrogen and oxygen atoms in total. The average molecular weight is 150 g/mol. The maximum atomic E-state index is 8.36. The molecule has 0 saturated heterocycles. The lowest BCUT2D eigenvalue weighted by molar-refractivity contribution is 0.343. The van der Waals surface area contributed by atoms with Gasteiger partial charge in [0.2, 0.25) is 0 Å². The van der Waals surface area contributed by atoms with Crippen molar-refractivity contribution in [3.8, 4) is 0 Å². The maximum absolute atomic E-state index is 8.36. The second kappa shape index (κ2) is 8.92. The van der Waals surface area contributed by atoms with Crippen molar-refractivity contribution in [2.45, 2.75) is 6.92 Å². The van der Waals surface area contributed by atoms with E-state index in [1.165, 1.54) is 0 Å². The summed E-state index contributed by atoms with van der Waals surface area (Å²) in [6.07, 6.45) is 15.1. The van der Waals surface area contributed by atoms with E-state index in [9.17, 15) is 0 Å². The van der Waals surface area contributed by atoms with E-state index < -0.39 is 0 Å². The average Bonchev–Trinajstić information content (AvgIpc) is 2.03. The summed E-state index contributed by atoms with van der Waals surface area (Å²) in [7, 11) is 0. The Morgan fingerprint density at radius 1 is 0.909 bits per heavy atom. The molecule has 0 aliphatic heterocycles. The Bertz CT molecular complexity index is 173. The highest BCUT2D eigenvalue weighted by Crippen LogP contribution is 1.81. The van der Waals surface area contributed by atoms with Crippen LogP contribution in [0.2, 0.25) is 0 Å². The van der Waals surface area contributed by atoms with Gasteiger partial charge in [-0.1, -0.05) is 48.6 Å². The molecule has 0 aliphatic carbocycles. The molecule has 0 saturated carbocycles. The maximum Gasteiger partial charge on any atom is 0.0615 e. The van der Waals surface area contributed by atoms with Gasteiger partial charge in [0, 0.05) is 0 Å². The Kier molecular flexibility index (Phi) is 8.04. The monoisotopic (exact) mass is 150 g/mol. The summed E-state index contributed by atoms with van der Waals surface area (Å²) in [5, 5.41) is 8.36. The highest BCUT2D eigenvalue weighted by atomic mass is 16.2. The van der Waals surface area contributed by atoms with Crippen molar-refractivity contribution in [1.29, 1.82) is 0 Å². The van der Waals surface area contributed by atoms with Crippen molar-refractivity contribution in [1.82, 2.24) is 0 Å². The van der Waals surface area contributed by atoms with Gasteiger partial charge in [-0.3, -0.25) is 0 Å². The fourth-order valence-electron chi connectivity index (χ4n) is 0.507. The van der Waals surface area contributed by atoms with E-state index in [1.807, 2.05) is 43.4 Å². The molecule has 0 radical (unpaired) electrons. The van der Waals surface area contributed by atoms with Gasteiger partial charge in [0.05, 0.1) is 6.61 Å². The first kappa shape index (κ1) is 9.92. The van der Waals surface area contributed by atoms with Crippen LogP contribution in [0.1, 0.15) is 6.92 Å². The first-order valence-corrected chi connectivity index (χ1v) is 3.64. The third-order valence-corrected chi connectivity index (χ3v) is 0.989. The van der Waals surface area contributed by atoms with Crippen molar-refractivity contribution in [3.63, 3.8) is 0 Å². The Balaban J connectivity index is 3.51. The summed E-state index contributed by atoms with van der Waals surface area (Å²) >= 11 is 0. The zero-order chi connectivity index (χ0) is 8.36. The van der Waals surface area contributed by atoms with Crippen LogP contribution in [0.5, 0.6) is 0 Å². The number of aliphatic hydroxyl groups excluding tert-OH is 1. The highest BCUT2D eigenvalue weighted by molar-refractivity contribution is 5.14. The number of hydrogen-bond acceptors (Lipinski definition) is 1. The van der Waals surface area contributed by atoms with Crippen molar-refractivity contribution in [2.24, 2.45) is 0 Å². The van der Waals surface area contributed by atoms with Crippen LogP contribution in [-0.2, 0) is 0 Å². The second-order valence-corrected chi connectivity index (χ2v) is 1.91. The topological polar surface area (TPSA) is 20.2 Å². The molecule has 1 heteroatoms. The van der Waals surface area contributed by atoms with Gasteiger partial charge in [-0.05, 0) is 6.92 Å². The van der Waals surface area contributed by atoms with Crippen LogP contribution in [0.15, 0.2) is 48.6 Å². The molecule has 0 fully saturated rings. The summed E-state index contributed by atoms with van der Waals surface area (Å²) < 4.78 is 0. The molecule has 0 aromatic carbocycles. The van der Waals surface area contributed by atoms with Gasteiger partial charge in [0.1, 0.15) is 0 Å². The molecule has 0 heterocycles. The molecule has 0 bridgehead atoms. The van der Waals surface area contributed by atoms with Gasteiger partial charge < -0.3 is 5.11 Å². The molecule has 60 valence electrons. The predicted octanol–water partition coefficient (Wildman–Crippen LogP) is 2.22. The lowest BCUT2D eigenvalue weighted by Crippen LogP contribution is -1.66. The molecule has 0 aliphatic rings. The van der Waals surface area contributed by atoms with E-state index in [2.05, 4.69) is 0 Å². The zero-order valence-corrected chi connectivity index (χ0v) is 6.77. The minimum absolute atomic E-state index is 0.100. The molecule has 0 aromatic rings. The minimum Gasteiger partial charge on any atom is -0.392 e. The van der Waals surface area contributed by atoms with E-state index in [1.54, 1.807) is 12.2 Å². The number of rotatable bonds is 4. The first-order valence-electron chi connectivity index (χ1n) is 3.64. The smallest absolute Gasteiger partial charge is 0.0615 e. The number of aliphatic hydroxyl groups is 1.